The molecule has 4 aromatic rings. The van der Waals surface area contributed by atoms with Crippen molar-refractivity contribution in [1.29, 1.82) is 0 Å². The lowest BCUT2D eigenvalue weighted by Gasteiger charge is -2.23. The molecule has 0 unspecified atom stereocenters. The summed E-state index contributed by atoms with van der Waals surface area (Å²) >= 11 is 0. The standard InChI is InChI=1S/C29H27F2N3O6/c1-15-13-21(39-6)20(27(36)37)14-19(15)18-11-12-34-25(23(18)31)22(24(32-34)16-7-9-17(30)10-8-16)26(35)33(5)28(38)40-29(2,3)4/h7-14H,1-6H3,(H,36,37). The molecule has 2 aromatic heterocycles. The van der Waals surface area contributed by atoms with Crippen molar-refractivity contribution < 1.29 is 37.7 Å². The van der Waals surface area contributed by atoms with Gasteiger partial charge in [-0.3, -0.25) is 4.79 Å². The molecule has 2 amide bonds. The maximum absolute atomic E-state index is 16.4. The van der Waals surface area contributed by atoms with Crippen LogP contribution in [0.2, 0.25) is 0 Å². The van der Waals surface area contributed by atoms with Gasteiger partial charge in [-0.2, -0.15) is 5.10 Å². The zero-order valence-corrected chi connectivity index (χ0v) is 22.7. The van der Waals surface area contributed by atoms with Crippen molar-refractivity contribution in [1.82, 2.24) is 14.5 Å². The summed E-state index contributed by atoms with van der Waals surface area (Å²) in [6, 6.07) is 9.26. The minimum atomic E-state index is -1.27. The van der Waals surface area contributed by atoms with Crippen LogP contribution in [0.4, 0.5) is 13.6 Å². The van der Waals surface area contributed by atoms with Crippen LogP contribution in [0.3, 0.4) is 0 Å². The Bertz CT molecular complexity index is 1660. The number of fused-ring (bicyclic) bond motifs is 1. The molecule has 0 atom stereocenters. The number of carboxylic acids is 1. The Hall–Kier alpha value is -4.80. The van der Waals surface area contributed by atoms with Gasteiger partial charge in [-0.25, -0.2) is 27.8 Å². The van der Waals surface area contributed by atoms with Gasteiger partial charge in [-0.1, -0.05) is 0 Å². The van der Waals surface area contributed by atoms with Crippen molar-refractivity contribution in [2.24, 2.45) is 0 Å². The predicted octanol–water partition coefficient (Wildman–Crippen LogP) is 5.97. The molecule has 208 valence electrons. The largest absolute Gasteiger partial charge is 0.496 e. The van der Waals surface area contributed by atoms with Crippen molar-refractivity contribution in [2.45, 2.75) is 33.3 Å². The highest BCUT2D eigenvalue weighted by atomic mass is 19.1. The van der Waals surface area contributed by atoms with Crippen LogP contribution in [0.15, 0.2) is 48.7 Å². The Labute approximate surface area is 228 Å². The number of benzene rings is 2. The van der Waals surface area contributed by atoms with Gasteiger partial charge < -0.3 is 14.6 Å². The number of rotatable bonds is 5. The molecule has 2 heterocycles. The van der Waals surface area contributed by atoms with Gasteiger partial charge in [0.1, 0.15) is 33.9 Å². The van der Waals surface area contributed by atoms with Crippen molar-refractivity contribution in [3.05, 3.63) is 77.0 Å². The summed E-state index contributed by atoms with van der Waals surface area (Å²) in [6.45, 7) is 6.57. The zero-order valence-electron chi connectivity index (χ0n) is 22.7. The third-order valence-corrected chi connectivity index (χ3v) is 6.11. The van der Waals surface area contributed by atoms with Gasteiger partial charge in [-0.15, -0.1) is 0 Å². The topological polar surface area (TPSA) is 110 Å². The van der Waals surface area contributed by atoms with Crippen LogP contribution in [0.25, 0.3) is 27.9 Å². The van der Waals surface area contributed by atoms with E-state index in [-0.39, 0.29) is 39.2 Å². The van der Waals surface area contributed by atoms with Crippen LogP contribution >= 0.6 is 0 Å². The molecule has 0 aliphatic rings. The smallest absolute Gasteiger partial charge is 0.417 e. The lowest BCUT2D eigenvalue weighted by Crippen LogP contribution is -2.38. The van der Waals surface area contributed by atoms with E-state index < -0.39 is 35.2 Å². The third kappa shape index (κ3) is 5.22. The average Bonchev–Trinajstić information content (AvgIpc) is 3.27. The summed E-state index contributed by atoms with van der Waals surface area (Å²) in [4.78, 5) is 39.0. The lowest BCUT2D eigenvalue weighted by atomic mass is 9.96. The number of ether oxygens (including phenoxy) is 2. The van der Waals surface area contributed by atoms with Gasteiger partial charge in [0.05, 0.1) is 12.7 Å². The van der Waals surface area contributed by atoms with Crippen molar-refractivity contribution in [2.75, 3.05) is 14.2 Å². The number of halogens is 2. The van der Waals surface area contributed by atoms with Crippen LogP contribution in [0.1, 0.15) is 47.1 Å². The first-order valence-electron chi connectivity index (χ1n) is 12.1. The fourth-order valence-electron chi connectivity index (χ4n) is 4.21. The van der Waals surface area contributed by atoms with E-state index in [1.807, 2.05) is 0 Å². The van der Waals surface area contributed by atoms with Crippen LogP contribution in [-0.2, 0) is 4.74 Å². The minimum Gasteiger partial charge on any atom is -0.496 e. The van der Waals surface area contributed by atoms with Gasteiger partial charge in [0.25, 0.3) is 5.91 Å². The number of hydrogen-bond acceptors (Lipinski definition) is 6. The fourth-order valence-corrected chi connectivity index (χ4v) is 4.21. The molecule has 40 heavy (non-hydrogen) atoms. The molecule has 4 rings (SSSR count). The summed E-state index contributed by atoms with van der Waals surface area (Å²) in [7, 11) is 2.53. The number of carboxylic acid groups (broad SMARTS) is 1. The summed E-state index contributed by atoms with van der Waals surface area (Å²) in [6.07, 6.45) is 0.449. The number of aromatic carboxylic acids is 1. The maximum atomic E-state index is 16.4. The molecule has 0 fully saturated rings. The van der Waals surface area contributed by atoms with E-state index in [0.717, 1.165) is 4.52 Å². The number of carbonyl (C=O) groups is 3. The second kappa shape index (κ2) is 10.4. The number of aryl methyl sites for hydroxylation is 1. The third-order valence-electron chi connectivity index (χ3n) is 6.11. The first-order chi connectivity index (χ1) is 18.7. The molecule has 2 aromatic carbocycles. The second-order valence-electron chi connectivity index (χ2n) is 10.1. The first-order valence-corrected chi connectivity index (χ1v) is 12.1. The van der Waals surface area contributed by atoms with E-state index in [9.17, 15) is 23.9 Å². The summed E-state index contributed by atoms with van der Waals surface area (Å²) in [5.74, 6) is -3.47. The fraction of sp³-hybridized carbons (Fsp3) is 0.241. The van der Waals surface area contributed by atoms with Crippen molar-refractivity contribution in [3.63, 3.8) is 0 Å². The number of carbonyl (C=O) groups excluding carboxylic acids is 2. The predicted molar refractivity (Wildman–Crippen MR) is 143 cm³/mol. The van der Waals surface area contributed by atoms with Crippen LogP contribution < -0.4 is 4.74 Å². The van der Waals surface area contributed by atoms with E-state index in [1.165, 1.54) is 62.8 Å². The second-order valence-corrected chi connectivity index (χ2v) is 10.1. The molecular formula is C29H27F2N3O6. The highest BCUT2D eigenvalue weighted by Crippen LogP contribution is 2.36. The monoisotopic (exact) mass is 551 g/mol. The lowest BCUT2D eigenvalue weighted by molar-refractivity contribution is 0.0285. The van der Waals surface area contributed by atoms with Gasteiger partial charge >= 0.3 is 12.1 Å². The Kier molecular flexibility index (Phi) is 7.34. The van der Waals surface area contributed by atoms with E-state index in [1.54, 1.807) is 27.7 Å². The van der Waals surface area contributed by atoms with Gasteiger partial charge in [-0.05, 0) is 81.3 Å². The molecule has 0 radical (unpaired) electrons. The van der Waals surface area contributed by atoms with E-state index in [4.69, 9.17) is 9.47 Å². The van der Waals surface area contributed by atoms with Gasteiger partial charge in [0, 0.05) is 24.4 Å². The van der Waals surface area contributed by atoms with E-state index in [0.29, 0.717) is 16.0 Å². The Morgan fingerprint density at radius 1 is 1.02 bits per heavy atom. The number of methoxy groups -OCH3 is 1. The van der Waals surface area contributed by atoms with Gasteiger partial charge in [0.2, 0.25) is 0 Å². The number of pyridine rings is 1. The first kappa shape index (κ1) is 28.2. The van der Waals surface area contributed by atoms with Crippen molar-refractivity contribution in [3.8, 4) is 28.1 Å². The van der Waals surface area contributed by atoms with Crippen molar-refractivity contribution >= 4 is 23.5 Å². The molecule has 0 aliphatic heterocycles. The molecule has 0 bridgehead atoms. The van der Waals surface area contributed by atoms with E-state index >= 15 is 4.39 Å². The van der Waals surface area contributed by atoms with Crippen LogP contribution in [0.5, 0.6) is 5.75 Å². The molecule has 0 saturated heterocycles. The molecule has 1 N–H and O–H groups in total. The SMILES string of the molecule is COc1cc(C)c(-c2ccn3nc(-c4ccc(F)cc4)c(C(=O)N(C)C(=O)OC(C)(C)C)c3c2F)cc1C(=O)O. The Balaban J connectivity index is 1.99. The molecule has 0 saturated carbocycles. The Morgan fingerprint density at radius 3 is 2.25 bits per heavy atom. The number of imide groups is 1. The number of aromatic nitrogens is 2. The summed E-state index contributed by atoms with van der Waals surface area (Å²) in [5, 5.41) is 14.0. The highest BCUT2D eigenvalue weighted by molar-refractivity contribution is 6.11. The molecular weight excluding hydrogens is 524 g/mol. The molecule has 9 nitrogen and oxygen atoms in total. The number of nitrogens with zero attached hydrogens (tertiary/aromatic N) is 3. The average molecular weight is 552 g/mol. The van der Waals surface area contributed by atoms with E-state index in [2.05, 4.69) is 5.10 Å². The highest BCUT2D eigenvalue weighted by Gasteiger charge is 2.32. The minimum absolute atomic E-state index is 0.00493. The zero-order chi connectivity index (χ0) is 29.5. The summed E-state index contributed by atoms with van der Waals surface area (Å²) in [5.41, 5.74) is -0.524. The Morgan fingerprint density at radius 2 is 1.68 bits per heavy atom. The molecule has 0 aliphatic carbocycles. The normalized spacial score (nSPS) is 11.4. The maximum Gasteiger partial charge on any atom is 0.417 e. The number of hydrogen-bond donors (Lipinski definition) is 1. The molecule has 11 heteroatoms. The summed E-state index contributed by atoms with van der Waals surface area (Å²) < 4.78 is 41.7. The van der Waals surface area contributed by atoms with Crippen LogP contribution in [0, 0.1) is 18.6 Å². The van der Waals surface area contributed by atoms with Crippen LogP contribution in [-0.4, -0.2) is 57.3 Å². The molecule has 0 spiro atoms. The quantitative estimate of drug-likeness (QED) is 0.325. The number of amides is 2. The van der Waals surface area contributed by atoms with Gasteiger partial charge in [0.15, 0.2) is 5.82 Å².